The molecule has 168 valence electrons. The normalized spacial score (nSPS) is 18.0. The third kappa shape index (κ3) is 3.76. The molecule has 1 aromatic carbocycles. The van der Waals surface area contributed by atoms with Gasteiger partial charge in [-0.3, -0.25) is 9.78 Å². The Morgan fingerprint density at radius 3 is 2.79 bits per heavy atom. The molecule has 0 amide bonds. The zero-order chi connectivity index (χ0) is 22.6. The average molecular weight is 441 g/mol. The molecule has 1 spiro atoms. The molecule has 0 saturated heterocycles. The smallest absolute Gasteiger partial charge is 0.229 e. The fraction of sp³-hybridized carbons (Fsp3) is 0.385. The van der Waals surface area contributed by atoms with Crippen LogP contribution < -0.4 is 15.5 Å². The number of pyridine rings is 1. The molecular weight excluding hydrogens is 412 g/mol. The number of rotatable bonds is 6. The van der Waals surface area contributed by atoms with E-state index in [0.29, 0.717) is 23.2 Å². The number of hydrogen-bond donors (Lipinski definition) is 2. The second-order valence-corrected chi connectivity index (χ2v) is 9.52. The molecule has 2 aromatic heterocycles. The van der Waals surface area contributed by atoms with Crippen LogP contribution in [0.2, 0.25) is 0 Å². The van der Waals surface area contributed by atoms with Crippen molar-refractivity contribution in [3.8, 4) is 0 Å². The number of aromatic nitrogens is 3. The highest BCUT2D eigenvalue weighted by Gasteiger charge is 2.46. The summed E-state index contributed by atoms with van der Waals surface area (Å²) in [7, 11) is 1.94. The Bertz CT molecular complexity index is 1250. The predicted octanol–water partition coefficient (Wildman–Crippen LogP) is 4.60. The Labute approximate surface area is 193 Å². The third-order valence-corrected chi connectivity index (χ3v) is 7.10. The van der Waals surface area contributed by atoms with E-state index in [1.54, 1.807) is 13.1 Å². The molecule has 3 aromatic rings. The Kier molecular flexibility index (Phi) is 4.69. The third-order valence-electron chi connectivity index (χ3n) is 7.10. The Morgan fingerprint density at radius 2 is 2.03 bits per heavy atom. The molecule has 1 aliphatic heterocycles. The fourth-order valence-corrected chi connectivity index (χ4v) is 4.88. The van der Waals surface area contributed by atoms with Gasteiger partial charge in [-0.1, -0.05) is 6.07 Å². The summed E-state index contributed by atoms with van der Waals surface area (Å²) in [6.07, 6.45) is 9.30. The molecule has 3 heterocycles. The summed E-state index contributed by atoms with van der Waals surface area (Å²) < 4.78 is 0. The lowest BCUT2D eigenvalue weighted by Gasteiger charge is -2.27. The lowest BCUT2D eigenvalue weighted by Crippen LogP contribution is -2.36. The highest BCUT2D eigenvalue weighted by molar-refractivity contribution is 5.99. The number of fused-ring (bicyclic) bond motifs is 2. The lowest BCUT2D eigenvalue weighted by molar-refractivity contribution is 0.101. The molecule has 7 heteroatoms. The van der Waals surface area contributed by atoms with Crippen LogP contribution in [0.4, 0.5) is 23.1 Å². The van der Waals surface area contributed by atoms with Gasteiger partial charge in [0.1, 0.15) is 5.82 Å². The van der Waals surface area contributed by atoms with E-state index < -0.39 is 0 Å². The van der Waals surface area contributed by atoms with Crippen LogP contribution in [0.5, 0.6) is 0 Å². The number of ketones is 1. The lowest BCUT2D eigenvalue weighted by atomic mass is 9.92. The average Bonchev–Trinajstić information content (AvgIpc) is 3.75. The molecule has 6 rings (SSSR count). The van der Waals surface area contributed by atoms with Gasteiger partial charge in [0.2, 0.25) is 5.95 Å². The van der Waals surface area contributed by atoms with E-state index in [-0.39, 0.29) is 11.3 Å². The Morgan fingerprint density at radius 1 is 1.18 bits per heavy atom. The molecule has 0 bridgehead atoms. The van der Waals surface area contributed by atoms with Gasteiger partial charge in [-0.2, -0.15) is 4.98 Å². The molecular formula is C26H28N6O. The number of carbonyl (C=O) groups excluding carboxylic acids is 1. The zero-order valence-electron chi connectivity index (χ0n) is 19.1. The first-order valence-corrected chi connectivity index (χ1v) is 11.8. The Hall–Kier alpha value is -3.32. The van der Waals surface area contributed by atoms with Crippen molar-refractivity contribution >= 4 is 28.9 Å². The van der Waals surface area contributed by atoms with E-state index >= 15 is 0 Å². The molecule has 0 radical (unpaired) electrons. The summed E-state index contributed by atoms with van der Waals surface area (Å²) in [5.74, 6) is 1.57. The molecule has 3 aliphatic rings. The van der Waals surface area contributed by atoms with Crippen LogP contribution in [0.15, 0.2) is 42.7 Å². The molecule has 2 saturated carbocycles. The summed E-state index contributed by atoms with van der Waals surface area (Å²) in [4.78, 5) is 28.0. The number of nitrogens with one attached hydrogen (secondary N) is 2. The molecule has 2 N–H and O–H groups in total. The van der Waals surface area contributed by atoms with Crippen LogP contribution >= 0.6 is 0 Å². The number of Topliss-reactive ketones (excluding diaryl/α,β-unsaturated/α-hetero) is 1. The maximum Gasteiger partial charge on any atom is 0.229 e. The topological polar surface area (TPSA) is 83.0 Å². The number of carbonyl (C=O) groups is 1. The largest absolute Gasteiger partial charge is 0.329 e. The molecule has 0 unspecified atom stereocenters. The van der Waals surface area contributed by atoms with Crippen molar-refractivity contribution in [1.29, 1.82) is 0 Å². The van der Waals surface area contributed by atoms with E-state index in [0.717, 1.165) is 30.0 Å². The summed E-state index contributed by atoms with van der Waals surface area (Å²) in [5, 5.41) is 7.04. The van der Waals surface area contributed by atoms with Crippen molar-refractivity contribution in [2.24, 2.45) is 0 Å². The minimum Gasteiger partial charge on any atom is -0.329 e. The number of nitrogens with zero attached hydrogens (tertiary/aromatic N) is 4. The van der Waals surface area contributed by atoms with Gasteiger partial charge in [0.15, 0.2) is 5.78 Å². The van der Waals surface area contributed by atoms with Gasteiger partial charge < -0.3 is 15.5 Å². The molecule has 33 heavy (non-hydrogen) atoms. The minimum absolute atomic E-state index is 0.0594. The first kappa shape index (κ1) is 20.3. The van der Waals surface area contributed by atoms with E-state index in [4.69, 9.17) is 4.98 Å². The second-order valence-electron chi connectivity index (χ2n) is 9.52. The van der Waals surface area contributed by atoms with E-state index in [2.05, 4.69) is 44.9 Å². The van der Waals surface area contributed by atoms with Crippen LogP contribution in [0, 0.1) is 0 Å². The highest BCUT2D eigenvalue weighted by atomic mass is 16.1. The SMILES string of the molecule is CC(=O)c1cnc(Nc2ccc3c(c2)CCNC32CC2)nc1N(C)c1ccnc(C2CC2)c1. The summed E-state index contributed by atoms with van der Waals surface area (Å²) in [5.41, 5.74) is 6.57. The van der Waals surface area contributed by atoms with Crippen LogP contribution in [0.1, 0.15) is 65.7 Å². The van der Waals surface area contributed by atoms with Crippen molar-refractivity contribution in [3.05, 3.63) is 65.1 Å². The van der Waals surface area contributed by atoms with Crippen molar-refractivity contribution < 1.29 is 4.79 Å². The molecule has 7 nitrogen and oxygen atoms in total. The summed E-state index contributed by atoms with van der Waals surface area (Å²) >= 11 is 0. The quantitative estimate of drug-likeness (QED) is 0.542. The van der Waals surface area contributed by atoms with Gasteiger partial charge in [-0.15, -0.1) is 0 Å². The van der Waals surface area contributed by atoms with Gasteiger partial charge in [-0.05, 0) is 74.4 Å². The standard InChI is InChI=1S/C26H28N6O/c1-16(33)21-15-28-25(30-19-5-6-22-18(13-19)7-12-29-26(22)9-10-26)31-24(21)32(2)20-8-11-27-23(14-20)17-3-4-17/h5-6,8,11,13-15,17,29H,3-4,7,9-10,12H2,1-2H3,(H,28,30,31). The molecule has 2 fully saturated rings. The monoisotopic (exact) mass is 440 g/mol. The van der Waals surface area contributed by atoms with Crippen LogP contribution in [-0.2, 0) is 12.0 Å². The van der Waals surface area contributed by atoms with Gasteiger partial charge in [0, 0.05) is 54.5 Å². The van der Waals surface area contributed by atoms with Gasteiger partial charge in [-0.25, -0.2) is 4.98 Å². The van der Waals surface area contributed by atoms with Crippen molar-refractivity contribution in [3.63, 3.8) is 0 Å². The summed E-state index contributed by atoms with van der Waals surface area (Å²) in [6, 6.07) is 10.6. The van der Waals surface area contributed by atoms with Crippen LogP contribution in [0.3, 0.4) is 0 Å². The van der Waals surface area contributed by atoms with E-state index in [9.17, 15) is 4.79 Å². The van der Waals surface area contributed by atoms with Crippen molar-refractivity contribution in [2.75, 3.05) is 23.8 Å². The highest BCUT2D eigenvalue weighted by Crippen LogP contribution is 2.49. The zero-order valence-corrected chi connectivity index (χ0v) is 19.1. The van der Waals surface area contributed by atoms with Gasteiger partial charge in [0.05, 0.1) is 5.56 Å². The molecule has 0 atom stereocenters. The number of hydrogen-bond acceptors (Lipinski definition) is 7. The van der Waals surface area contributed by atoms with Crippen molar-refractivity contribution in [2.45, 2.75) is 50.5 Å². The maximum absolute atomic E-state index is 12.3. The first-order valence-electron chi connectivity index (χ1n) is 11.8. The predicted molar refractivity (Wildman–Crippen MR) is 129 cm³/mol. The van der Waals surface area contributed by atoms with Gasteiger partial charge in [0.25, 0.3) is 0 Å². The second kappa shape index (κ2) is 7.63. The number of anilines is 4. The number of benzene rings is 1. The molecule has 2 aliphatic carbocycles. The Balaban J connectivity index is 1.31. The summed E-state index contributed by atoms with van der Waals surface area (Å²) in [6.45, 7) is 2.57. The van der Waals surface area contributed by atoms with Crippen LogP contribution in [-0.4, -0.2) is 34.3 Å². The van der Waals surface area contributed by atoms with E-state index in [1.807, 2.05) is 24.2 Å². The van der Waals surface area contributed by atoms with E-state index in [1.165, 1.54) is 36.8 Å². The van der Waals surface area contributed by atoms with Crippen molar-refractivity contribution in [1.82, 2.24) is 20.3 Å². The fourth-order valence-electron chi connectivity index (χ4n) is 4.88. The minimum atomic E-state index is -0.0594. The first-order chi connectivity index (χ1) is 16.0. The maximum atomic E-state index is 12.3. The van der Waals surface area contributed by atoms with Crippen LogP contribution in [0.25, 0.3) is 0 Å². The van der Waals surface area contributed by atoms with Gasteiger partial charge >= 0.3 is 0 Å².